The van der Waals surface area contributed by atoms with Gasteiger partial charge in [0.05, 0.1) is 14.6 Å². The minimum Gasteiger partial charge on any atom is -0.282 e. The van der Waals surface area contributed by atoms with Crippen LogP contribution < -0.4 is 0 Å². The maximum absolute atomic E-state index is 11.7. The molecule has 1 aromatic rings. The van der Waals surface area contributed by atoms with Gasteiger partial charge in [0.25, 0.3) is 0 Å². The van der Waals surface area contributed by atoms with Crippen molar-refractivity contribution in [3.63, 3.8) is 0 Å². The van der Waals surface area contributed by atoms with E-state index in [1.165, 1.54) is 0 Å². The SMILES string of the molecule is C[S@]1(=O)=NC(=N)c2ccccc21. The van der Waals surface area contributed by atoms with Crippen LogP contribution in [-0.4, -0.2) is 16.3 Å². The molecule has 0 fully saturated rings. The average Bonchev–Trinajstić information content (AvgIpc) is 2.25. The highest BCUT2D eigenvalue weighted by Crippen LogP contribution is 2.24. The Bertz CT molecular complexity index is 470. The number of nitrogens with one attached hydrogen (secondary N) is 1. The molecule has 1 heterocycles. The second-order valence-electron chi connectivity index (χ2n) is 2.74. The number of nitrogens with zero attached hydrogens (tertiary/aromatic N) is 1. The van der Waals surface area contributed by atoms with Gasteiger partial charge in [-0.05, 0) is 12.1 Å². The number of rotatable bonds is 0. The van der Waals surface area contributed by atoms with Gasteiger partial charge >= 0.3 is 0 Å². The molecule has 4 heteroatoms. The fourth-order valence-electron chi connectivity index (χ4n) is 1.27. The van der Waals surface area contributed by atoms with Gasteiger partial charge in [-0.1, -0.05) is 12.1 Å². The van der Waals surface area contributed by atoms with Crippen LogP contribution in [0.15, 0.2) is 33.5 Å². The van der Waals surface area contributed by atoms with Crippen molar-refractivity contribution in [2.24, 2.45) is 4.36 Å². The minimum absolute atomic E-state index is 0.137. The fraction of sp³-hybridized carbons (Fsp3) is 0.125. The van der Waals surface area contributed by atoms with E-state index in [1.54, 1.807) is 18.4 Å². The van der Waals surface area contributed by atoms with Crippen molar-refractivity contribution in [3.8, 4) is 0 Å². The van der Waals surface area contributed by atoms with E-state index in [-0.39, 0.29) is 5.84 Å². The Morgan fingerprint density at radius 3 is 2.75 bits per heavy atom. The normalized spacial score (nSPS) is 26.6. The van der Waals surface area contributed by atoms with Gasteiger partial charge in [-0.2, -0.15) is 4.36 Å². The average molecular weight is 180 g/mol. The van der Waals surface area contributed by atoms with Crippen molar-refractivity contribution in [2.75, 3.05) is 6.26 Å². The first-order chi connectivity index (χ1) is 5.61. The smallest absolute Gasteiger partial charge is 0.163 e. The van der Waals surface area contributed by atoms with Crippen molar-refractivity contribution in [1.29, 1.82) is 5.41 Å². The molecule has 3 nitrogen and oxygen atoms in total. The highest BCUT2D eigenvalue weighted by molar-refractivity contribution is 7.93. The summed E-state index contributed by atoms with van der Waals surface area (Å²) in [4.78, 5) is 0.690. The van der Waals surface area contributed by atoms with Crippen molar-refractivity contribution in [3.05, 3.63) is 29.8 Å². The van der Waals surface area contributed by atoms with Gasteiger partial charge in [-0.3, -0.25) is 5.41 Å². The maximum atomic E-state index is 11.7. The molecular weight excluding hydrogens is 172 g/mol. The summed E-state index contributed by atoms with van der Waals surface area (Å²) in [7, 11) is -2.30. The molecule has 0 radical (unpaired) electrons. The van der Waals surface area contributed by atoms with Crippen LogP contribution in [-0.2, 0) is 9.73 Å². The van der Waals surface area contributed by atoms with E-state index >= 15 is 0 Å². The quantitative estimate of drug-likeness (QED) is 0.646. The highest BCUT2D eigenvalue weighted by Gasteiger charge is 2.21. The van der Waals surface area contributed by atoms with Crippen LogP contribution in [0.25, 0.3) is 0 Å². The Morgan fingerprint density at radius 1 is 1.42 bits per heavy atom. The molecule has 1 aliphatic heterocycles. The van der Waals surface area contributed by atoms with Crippen LogP contribution in [0.5, 0.6) is 0 Å². The first-order valence-corrected chi connectivity index (χ1v) is 5.44. The third-order valence-electron chi connectivity index (χ3n) is 1.82. The number of amidine groups is 1. The molecule has 0 unspecified atom stereocenters. The van der Waals surface area contributed by atoms with Crippen LogP contribution in [0, 0.1) is 5.41 Å². The summed E-state index contributed by atoms with van der Waals surface area (Å²) in [5, 5.41) is 7.44. The van der Waals surface area contributed by atoms with E-state index in [9.17, 15) is 4.21 Å². The Hall–Kier alpha value is -1.16. The number of hydrogen-bond donors (Lipinski definition) is 1. The van der Waals surface area contributed by atoms with Crippen LogP contribution in [0.4, 0.5) is 0 Å². The number of fused-ring (bicyclic) bond motifs is 1. The Morgan fingerprint density at radius 2 is 2.08 bits per heavy atom. The van der Waals surface area contributed by atoms with Gasteiger partial charge in [0, 0.05) is 11.8 Å². The molecule has 0 aliphatic carbocycles. The van der Waals surface area contributed by atoms with Gasteiger partial charge in [-0.15, -0.1) is 0 Å². The van der Waals surface area contributed by atoms with Crippen LogP contribution in [0.3, 0.4) is 0 Å². The van der Waals surface area contributed by atoms with E-state index < -0.39 is 9.73 Å². The van der Waals surface area contributed by atoms with Gasteiger partial charge in [0.1, 0.15) is 0 Å². The molecular formula is C8H8N2OS. The second-order valence-corrected chi connectivity index (χ2v) is 4.97. The van der Waals surface area contributed by atoms with E-state index in [1.807, 2.05) is 12.1 Å². The lowest BCUT2D eigenvalue weighted by atomic mass is 10.2. The fourth-order valence-corrected chi connectivity index (χ4v) is 2.71. The molecule has 0 aromatic heterocycles. The predicted molar refractivity (Wildman–Crippen MR) is 48.0 cm³/mol. The zero-order valence-electron chi connectivity index (χ0n) is 6.57. The van der Waals surface area contributed by atoms with Crippen molar-refractivity contribution < 1.29 is 4.21 Å². The zero-order chi connectivity index (χ0) is 8.77. The molecule has 1 N–H and O–H groups in total. The van der Waals surface area contributed by atoms with E-state index in [0.717, 1.165) is 0 Å². The molecule has 1 aromatic carbocycles. The predicted octanol–water partition coefficient (Wildman–Crippen LogP) is 1.48. The van der Waals surface area contributed by atoms with Crippen molar-refractivity contribution in [1.82, 2.24) is 0 Å². The zero-order valence-corrected chi connectivity index (χ0v) is 7.39. The second kappa shape index (κ2) is 2.17. The van der Waals surface area contributed by atoms with Gasteiger partial charge in [0.2, 0.25) is 0 Å². The molecule has 0 saturated heterocycles. The Kier molecular flexibility index (Phi) is 1.35. The molecule has 0 spiro atoms. The largest absolute Gasteiger partial charge is 0.282 e. The van der Waals surface area contributed by atoms with Crippen LogP contribution >= 0.6 is 0 Å². The lowest BCUT2D eigenvalue weighted by Gasteiger charge is -1.97. The summed E-state index contributed by atoms with van der Waals surface area (Å²) in [6, 6.07) is 7.18. The summed E-state index contributed by atoms with van der Waals surface area (Å²) in [5.41, 5.74) is 0.699. The Labute approximate surface area is 71.1 Å². The van der Waals surface area contributed by atoms with Crippen molar-refractivity contribution in [2.45, 2.75) is 4.90 Å². The lowest BCUT2D eigenvalue weighted by molar-refractivity contribution is 0.682. The van der Waals surface area contributed by atoms with E-state index in [2.05, 4.69) is 4.36 Å². The van der Waals surface area contributed by atoms with Gasteiger partial charge in [0.15, 0.2) is 5.84 Å². The number of benzene rings is 1. The number of hydrogen-bond acceptors (Lipinski definition) is 2. The van der Waals surface area contributed by atoms with E-state index in [0.29, 0.717) is 10.5 Å². The molecule has 62 valence electrons. The minimum atomic E-state index is -2.30. The lowest BCUT2D eigenvalue weighted by Crippen LogP contribution is -1.93. The van der Waals surface area contributed by atoms with E-state index in [4.69, 9.17) is 5.41 Å². The molecule has 2 rings (SSSR count). The first kappa shape index (κ1) is 7.49. The summed E-state index contributed by atoms with van der Waals surface area (Å²) >= 11 is 0. The summed E-state index contributed by atoms with van der Waals surface area (Å²) in [6.07, 6.45) is 1.56. The molecule has 1 atom stereocenters. The molecule has 0 amide bonds. The van der Waals surface area contributed by atoms with Crippen LogP contribution in [0.1, 0.15) is 5.56 Å². The summed E-state index contributed by atoms with van der Waals surface area (Å²) < 4.78 is 15.5. The summed E-state index contributed by atoms with van der Waals surface area (Å²) in [6.45, 7) is 0. The molecule has 12 heavy (non-hydrogen) atoms. The molecule has 0 saturated carbocycles. The van der Waals surface area contributed by atoms with Crippen molar-refractivity contribution >= 4 is 15.6 Å². The third-order valence-corrected chi connectivity index (χ3v) is 3.52. The first-order valence-electron chi connectivity index (χ1n) is 3.51. The topological polar surface area (TPSA) is 53.3 Å². The molecule has 1 aliphatic rings. The maximum Gasteiger partial charge on any atom is 0.163 e. The highest BCUT2D eigenvalue weighted by atomic mass is 32.2. The monoisotopic (exact) mass is 180 g/mol. The van der Waals surface area contributed by atoms with Gasteiger partial charge < -0.3 is 0 Å². The summed E-state index contributed by atoms with van der Waals surface area (Å²) in [5.74, 6) is 0.137. The molecule has 0 bridgehead atoms. The van der Waals surface area contributed by atoms with Gasteiger partial charge in [-0.25, -0.2) is 4.21 Å². The third kappa shape index (κ3) is 0.881. The standard InChI is InChI=1S/C8H8N2OS/c1-12(11)7-5-3-2-4-6(7)8(9)10-12/h2-5,9H,1H3/t12-/m1/s1. The van der Waals surface area contributed by atoms with Crippen LogP contribution in [0.2, 0.25) is 0 Å². The Balaban J connectivity index is 2.87.